The number of nitrogens with zero attached hydrogens (tertiary/aromatic N) is 4. The summed E-state index contributed by atoms with van der Waals surface area (Å²) < 4.78 is 5.24. The fraction of sp³-hybridized carbons (Fsp3) is 0.440. The van der Waals surface area contributed by atoms with Crippen LogP contribution in [0.4, 0.5) is 0 Å². The Hall–Kier alpha value is -2.86. The van der Waals surface area contributed by atoms with Crippen molar-refractivity contribution in [2.75, 3.05) is 13.1 Å². The van der Waals surface area contributed by atoms with Crippen LogP contribution in [-0.4, -0.2) is 31.9 Å². The third kappa shape index (κ3) is 1.36. The Balaban J connectivity index is 1.20. The quantitative estimate of drug-likeness (QED) is 0.663. The van der Waals surface area contributed by atoms with Crippen LogP contribution >= 0.6 is 0 Å². The van der Waals surface area contributed by atoms with Gasteiger partial charge >= 0.3 is 11.4 Å². The van der Waals surface area contributed by atoms with Crippen LogP contribution in [0.25, 0.3) is 5.69 Å². The van der Waals surface area contributed by atoms with E-state index in [0.717, 1.165) is 31.5 Å². The standard InChI is InChI=1S/C25H22N4O2/c30-22-27(15-9-5-2-6-10-15)23(31)29-21-18-16-17(18)20(28(22)29)24-12-26(13-25(21,24)19(16)24)11-14-7-3-1-4-8-14/h1-10,16-21H,11-13H2/t16?,17-,18-,19?,20-,21-,24+,25+/m0/s1. The lowest BCUT2D eigenvalue weighted by Crippen LogP contribution is -2.52. The first-order valence-corrected chi connectivity index (χ1v) is 11.5. The first-order chi connectivity index (χ1) is 15.2. The van der Waals surface area contributed by atoms with Crippen molar-refractivity contribution in [1.82, 2.24) is 18.8 Å². The molecule has 4 heterocycles. The van der Waals surface area contributed by atoms with Gasteiger partial charge in [0.15, 0.2) is 0 Å². The van der Waals surface area contributed by atoms with Crippen molar-refractivity contribution in [3.05, 3.63) is 87.2 Å². The van der Waals surface area contributed by atoms with Crippen molar-refractivity contribution in [2.24, 2.45) is 34.5 Å². The lowest BCUT2D eigenvalue weighted by molar-refractivity contribution is 0.0280. The molecule has 5 fully saturated rings. The van der Waals surface area contributed by atoms with Gasteiger partial charge in [-0.25, -0.2) is 23.5 Å². The molecule has 0 N–H and O–H groups in total. The van der Waals surface area contributed by atoms with Crippen LogP contribution in [0.3, 0.4) is 0 Å². The molecule has 10 rings (SSSR count). The molecule has 0 amide bonds. The van der Waals surface area contributed by atoms with Gasteiger partial charge in [-0.2, -0.15) is 0 Å². The van der Waals surface area contributed by atoms with E-state index in [2.05, 4.69) is 35.2 Å². The molecule has 154 valence electrons. The van der Waals surface area contributed by atoms with E-state index < -0.39 is 0 Å². The molecule has 0 unspecified atom stereocenters. The number of para-hydroxylation sites is 1. The minimum atomic E-state index is -0.132. The lowest BCUT2D eigenvalue weighted by Gasteiger charge is -2.45. The van der Waals surface area contributed by atoms with Gasteiger partial charge in [-0.15, -0.1) is 0 Å². The Bertz CT molecular complexity index is 1360. The molecule has 3 aliphatic heterocycles. The normalized spacial score (nSPS) is 43.7. The highest BCUT2D eigenvalue weighted by Crippen LogP contribution is 3.03. The van der Waals surface area contributed by atoms with Gasteiger partial charge in [0.25, 0.3) is 0 Å². The van der Waals surface area contributed by atoms with Gasteiger partial charge in [0.2, 0.25) is 0 Å². The Morgan fingerprint density at radius 3 is 1.87 bits per heavy atom. The molecule has 1 saturated heterocycles. The minimum absolute atomic E-state index is 0.132. The monoisotopic (exact) mass is 410 g/mol. The summed E-state index contributed by atoms with van der Waals surface area (Å²) in [6.07, 6.45) is 0. The second-order valence-corrected chi connectivity index (χ2v) is 10.7. The molecule has 7 aliphatic rings. The van der Waals surface area contributed by atoms with Crippen molar-refractivity contribution >= 4 is 0 Å². The summed E-state index contributed by atoms with van der Waals surface area (Å²) >= 11 is 0. The number of aromatic nitrogens is 3. The molecule has 4 aliphatic carbocycles. The topological polar surface area (TPSA) is 52.2 Å². The maximum atomic E-state index is 13.6. The van der Waals surface area contributed by atoms with E-state index in [9.17, 15) is 9.59 Å². The number of rotatable bonds is 3. The summed E-state index contributed by atoms with van der Waals surface area (Å²) in [7, 11) is 0. The number of likely N-dealkylation sites (tertiary alicyclic amines) is 1. The molecule has 2 aromatic carbocycles. The van der Waals surface area contributed by atoms with Crippen LogP contribution in [-0.2, 0) is 6.54 Å². The largest absolute Gasteiger partial charge is 0.352 e. The van der Waals surface area contributed by atoms with E-state index in [-0.39, 0.29) is 34.3 Å². The van der Waals surface area contributed by atoms with Gasteiger partial charge in [0.1, 0.15) is 0 Å². The van der Waals surface area contributed by atoms with E-state index in [4.69, 9.17) is 0 Å². The van der Waals surface area contributed by atoms with Gasteiger partial charge in [0.05, 0.1) is 17.8 Å². The maximum Gasteiger partial charge on any atom is 0.352 e. The Labute approximate surface area is 178 Å². The van der Waals surface area contributed by atoms with Crippen LogP contribution in [0.15, 0.2) is 70.3 Å². The number of benzene rings is 2. The van der Waals surface area contributed by atoms with Gasteiger partial charge in [0, 0.05) is 30.5 Å². The van der Waals surface area contributed by atoms with Crippen molar-refractivity contribution in [2.45, 2.75) is 18.6 Å². The second kappa shape index (κ2) is 4.51. The Kier molecular flexibility index (Phi) is 2.31. The molecular weight excluding hydrogens is 388 g/mol. The van der Waals surface area contributed by atoms with Crippen LogP contribution in [0.1, 0.15) is 17.6 Å². The molecule has 31 heavy (non-hydrogen) atoms. The van der Waals surface area contributed by atoms with Crippen LogP contribution in [0.5, 0.6) is 0 Å². The summed E-state index contributed by atoms with van der Waals surface area (Å²) in [6, 6.07) is 20.5. The third-order valence-electron chi connectivity index (χ3n) is 10.0. The van der Waals surface area contributed by atoms with Crippen molar-refractivity contribution < 1.29 is 0 Å². The second-order valence-electron chi connectivity index (χ2n) is 10.7. The molecule has 3 aromatic rings. The summed E-state index contributed by atoms with van der Waals surface area (Å²) in [5.74, 6) is 2.73. The molecule has 1 aromatic heterocycles. The first-order valence-electron chi connectivity index (χ1n) is 11.5. The molecule has 6 heteroatoms. The minimum Gasteiger partial charge on any atom is -0.298 e. The summed E-state index contributed by atoms with van der Waals surface area (Å²) in [5, 5.41) is 0. The summed E-state index contributed by atoms with van der Waals surface area (Å²) in [6.45, 7) is 3.11. The molecule has 2 bridgehead atoms. The average Bonchev–Trinajstić information content (AvgIpc) is 3.40. The van der Waals surface area contributed by atoms with Gasteiger partial charge < -0.3 is 0 Å². The smallest absolute Gasteiger partial charge is 0.298 e. The zero-order valence-corrected chi connectivity index (χ0v) is 17.0. The number of hydrogen-bond donors (Lipinski definition) is 0. The maximum absolute atomic E-state index is 13.6. The molecular formula is C25H22N4O2. The van der Waals surface area contributed by atoms with Gasteiger partial charge in [-0.1, -0.05) is 48.5 Å². The lowest BCUT2D eigenvalue weighted by atomic mass is 9.73. The fourth-order valence-corrected chi connectivity index (χ4v) is 9.61. The highest BCUT2D eigenvalue weighted by molar-refractivity contribution is 5.51. The predicted molar refractivity (Wildman–Crippen MR) is 113 cm³/mol. The first kappa shape index (κ1) is 15.9. The van der Waals surface area contributed by atoms with E-state index >= 15 is 0 Å². The highest BCUT2D eigenvalue weighted by Gasteiger charge is 3.04. The molecule has 2 spiro atoms. The fourth-order valence-electron chi connectivity index (χ4n) is 9.61. The molecule has 6 atom stereocenters. The van der Waals surface area contributed by atoms with E-state index in [1.165, 1.54) is 10.1 Å². The molecule has 0 radical (unpaired) electrons. The van der Waals surface area contributed by atoms with E-state index in [0.29, 0.717) is 17.5 Å². The van der Waals surface area contributed by atoms with Crippen LogP contribution in [0, 0.1) is 34.5 Å². The number of hydrogen-bond acceptors (Lipinski definition) is 3. The molecule has 6 nitrogen and oxygen atoms in total. The third-order valence-corrected chi connectivity index (χ3v) is 10.0. The average molecular weight is 410 g/mol. The van der Waals surface area contributed by atoms with Crippen molar-refractivity contribution in [3.8, 4) is 5.69 Å². The SMILES string of the molecule is O=c1n(-c2ccccc2)c(=O)n2n1[C@H]1[C@H]3C4C5[C@]16CN(Cc1ccccc1)C[C@]56[C@@H]2[C@@H]43. The zero-order valence-electron chi connectivity index (χ0n) is 17.0. The van der Waals surface area contributed by atoms with E-state index in [1.54, 1.807) is 0 Å². The van der Waals surface area contributed by atoms with Gasteiger partial charge in [-0.3, -0.25) is 4.90 Å². The zero-order chi connectivity index (χ0) is 20.3. The van der Waals surface area contributed by atoms with Crippen molar-refractivity contribution in [3.63, 3.8) is 0 Å². The van der Waals surface area contributed by atoms with Gasteiger partial charge in [-0.05, 0) is 41.4 Å². The Morgan fingerprint density at radius 1 is 0.742 bits per heavy atom. The summed E-state index contributed by atoms with van der Waals surface area (Å²) in [4.78, 5) is 29.8. The molecule has 4 saturated carbocycles. The summed E-state index contributed by atoms with van der Waals surface area (Å²) in [5.41, 5.74) is 2.21. The van der Waals surface area contributed by atoms with E-state index in [1.807, 2.05) is 39.7 Å². The van der Waals surface area contributed by atoms with Crippen LogP contribution in [0.2, 0.25) is 0 Å². The predicted octanol–water partition coefficient (Wildman–Crippen LogP) is 1.90. The number of piperidine rings is 1. The Morgan fingerprint density at radius 2 is 1.29 bits per heavy atom. The highest BCUT2D eigenvalue weighted by atomic mass is 16.2. The van der Waals surface area contributed by atoms with Crippen LogP contribution < -0.4 is 11.4 Å². The van der Waals surface area contributed by atoms with Crippen molar-refractivity contribution in [1.29, 1.82) is 0 Å².